The van der Waals surface area contributed by atoms with Crippen LogP contribution in [0.2, 0.25) is 0 Å². The van der Waals surface area contributed by atoms with Gasteiger partial charge >= 0.3 is 0 Å². The van der Waals surface area contributed by atoms with Gasteiger partial charge in [0.15, 0.2) is 0 Å². The third kappa shape index (κ3) is 2.55. The van der Waals surface area contributed by atoms with E-state index in [4.69, 9.17) is 4.74 Å². The Kier molecular flexibility index (Phi) is 3.89. The van der Waals surface area contributed by atoms with Crippen LogP contribution in [0.4, 0.5) is 0 Å². The Balaban J connectivity index is 1.51. The standard InChI is InChI=1S/C18H24N2O2/c21-18(20-14-5-6-15(20)12-19-9-7-14)11-17-16-4-2-1-3-13(16)8-10-22-17/h1-4,14-15,17,19H,5-12H2. The van der Waals surface area contributed by atoms with E-state index in [1.165, 1.54) is 17.5 Å². The first kappa shape index (κ1) is 14.2. The molecule has 3 unspecified atom stereocenters. The molecule has 3 heterocycles. The van der Waals surface area contributed by atoms with Gasteiger partial charge < -0.3 is 15.0 Å². The molecule has 2 fully saturated rings. The lowest BCUT2D eigenvalue weighted by atomic mass is 9.95. The van der Waals surface area contributed by atoms with Gasteiger partial charge in [0, 0.05) is 18.6 Å². The molecule has 3 atom stereocenters. The number of rotatable bonds is 2. The van der Waals surface area contributed by atoms with Crippen LogP contribution in [0.1, 0.15) is 42.9 Å². The molecule has 0 spiro atoms. The lowest BCUT2D eigenvalue weighted by Gasteiger charge is -2.31. The summed E-state index contributed by atoms with van der Waals surface area (Å²) in [4.78, 5) is 15.1. The quantitative estimate of drug-likeness (QED) is 0.909. The van der Waals surface area contributed by atoms with E-state index in [2.05, 4.69) is 28.4 Å². The van der Waals surface area contributed by atoms with Crippen molar-refractivity contribution in [3.8, 4) is 0 Å². The molecular weight excluding hydrogens is 276 g/mol. The number of nitrogens with zero attached hydrogens (tertiary/aromatic N) is 1. The highest BCUT2D eigenvalue weighted by Crippen LogP contribution is 2.33. The zero-order chi connectivity index (χ0) is 14.9. The van der Waals surface area contributed by atoms with Crippen molar-refractivity contribution >= 4 is 5.91 Å². The Labute approximate surface area is 131 Å². The fraction of sp³-hybridized carbons (Fsp3) is 0.611. The average Bonchev–Trinajstić information content (AvgIpc) is 2.81. The summed E-state index contributed by atoms with van der Waals surface area (Å²) in [6, 6.07) is 9.22. The summed E-state index contributed by atoms with van der Waals surface area (Å²) < 4.78 is 5.92. The number of ether oxygens (including phenoxy) is 1. The van der Waals surface area contributed by atoms with Crippen molar-refractivity contribution in [3.05, 3.63) is 35.4 Å². The van der Waals surface area contributed by atoms with E-state index in [9.17, 15) is 4.79 Å². The number of amides is 1. The number of hydrogen-bond donors (Lipinski definition) is 1. The van der Waals surface area contributed by atoms with E-state index >= 15 is 0 Å². The number of carbonyl (C=O) groups is 1. The molecule has 3 aliphatic heterocycles. The van der Waals surface area contributed by atoms with Gasteiger partial charge in [-0.2, -0.15) is 0 Å². The lowest BCUT2D eigenvalue weighted by Crippen LogP contribution is -2.43. The summed E-state index contributed by atoms with van der Waals surface area (Å²) in [5.74, 6) is 0.276. The second-order valence-electron chi connectivity index (χ2n) is 6.69. The third-order valence-corrected chi connectivity index (χ3v) is 5.39. The van der Waals surface area contributed by atoms with Crippen molar-refractivity contribution in [2.24, 2.45) is 0 Å². The molecule has 2 saturated heterocycles. The van der Waals surface area contributed by atoms with Crippen LogP contribution in [-0.2, 0) is 16.0 Å². The van der Waals surface area contributed by atoms with Gasteiger partial charge in [0.2, 0.25) is 5.91 Å². The minimum absolute atomic E-state index is 0.0620. The molecule has 0 aromatic heterocycles. The van der Waals surface area contributed by atoms with Crippen molar-refractivity contribution in [1.82, 2.24) is 10.2 Å². The minimum atomic E-state index is -0.0620. The van der Waals surface area contributed by atoms with Crippen molar-refractivity contribution in [2.45, 2.75) is 50.3 Å². The van der Waals surface area contributed by atoms with Crippen molar-refractivity contribution in [1.29, 1.82) is 0 Å². The summed E-state index contributed by atoms with van der Waals surface area (Å²) in [6.07, 6.45) is 4.79. The van der Waals surface area contributed by atoms with Crippen LogP contribution in [-0.4, -0.2) is 42.6 Å². The normalized spacial score (nSPS) is 30.7. The van der Waals surface area contributed by atoms with Crippen LogP contribution in [0.15, 0.2) is 24.3 Å². The average molecular weight is 300 g/mol. The van der Waals surface area contributed by atoms with Crippen LogP contribution in [0, 0.1) is 0 Å². The summed E-state index contributed by atoms with van der Waals surface area (Å²) >= 11 is 0. The van der Waals surface area contributed by atoms with Crippen LogP contribution < -0.4 is 5.32 Å². The molecule has 3 aliphatic rings. The van der Waals surface area contributed by atoms with Crippen LogP contribution >= 0.6 is 0 Å². The van der Waals surface area contributed by atoms with Gasteiger partial charge in [0.25, 0.3) is 0 Å². The lowest BCUT2D eigenvalue weighted by molar-refractivity contribution is -0.137. The van der Waals surface area contributed by atoms with Gasteiger partial charge in [0.05, 0.1) is 19.1 Å². The molecule has 118 valence electrons. The fourth-order valence-corrected chi connectivity index (χ4v) is 4.30. The van der Waals surface area contributed by atoms with E-state index in [1.807, 2.05) is 6.07 Å². The van der Waals surface area contributed by atoms with Crippen molar-refractivity contribution < 1.29 is 9.53 Å². The summed E-state index contributed by atoms with van der Waals surface area (Å²) in [5.41, 5.74) is 2.55. The Morgan fingerprint density at radius 1 is 1.23 bits per heavy atom. The molecule has 4 rings (SSSR count). The molecule has 0 saturated carbocycles. The molecule has 2 bridgehead atoms. The second kappa shape index (κ2) is 6.01. The monoisotopic (exact) mass is 300 g/mol. The summed E-state index contributed by atoms with van der Waals surface area (Å²) in [6.45, 7) is 2.71. The number of benzene rings is 1. The molecule has 1 amide bonds. The van der Waals surface area contributed by atoms with Crippen LogP contribution in [0.25, 0.3) is 0 Å². The molecular formula is C18H24N2O2. The summed E-state index contributed by atoms with van der Waals surface area (Å²) in [5, 5.41) is 3.46. The van der Waals surface area contributed by atoms with Gasteiger partial charge in [-0.25, -0.2) is 0 Å². The first-order chi connectivity index (χ1) is 10.8. The first-order valence-electron chi connectivity index (χ1n) is 8.54. The van der Waals surface area contributed by atoms with Gasteiger partial charge in [-0.15, -0.1) is 0 Å². The molecule has 1 aromatic rings. The molecule has 22 heavy (non-hydrogen) atoms. The van der Waals surface area contributed by atoms with E-state index in [0.29, 0.717) is 18.5 Å². The smallest absolute Gasteiger partial charge is 0.226 e. The topological polar surface area (TPSA) is 41.6 Å². The molecule has 4 nitrogen and oxygen atoms in total. The third-order valence-electron chi connectivity index (χ3n) is 5.39. The zero-order valence-corrected chi connectivity index (χ0v) is 13.0. The zero-order valence-electron chi connectivity index (χ0n) is 13.0. The largest absolute Gasteiger partial charge is 0.373 e. The van der Waals surface area contributed by atoms with Gasteiger partial charge in [-0.1, -0.05) is 24.3 Å². The van der Waals surface area contributed by atoms with Gasteiger partial charge in [-0.05, 0) is 43.4 Å². The number of carbonyl (C=O) groups excluding carboxylic acids is 1. The van der Waals surface area contributed by atoms with E-state index in [1.54, 1.807) is 0 Å². The number of hydrogen-bond acceptors (Lipinski definition) is 3. The predicted molar refractivity (Wildman–Crippen MR) is 84.6 cm³/mol. The van der Waals surface area contributed by atoms with Crippen LogP contribution in [0.3, 0.4) is 0 Å². The summed E-state index contributed by atoms with van der Waals surface area (Å²) in [7, 11) is 0. The molecule has 0 radical (unpaired) electrons. The number of fused-ring (bicyclic) bond motifs is 3. The Bertz CT molecular complexity index is 546. The maximum absolute atomic E-state index is 12.9. The number of nitrogens with one attached hydrogen (secondary N) is 1. The van der Waals surface area contributed by atoms with Gasteiger partial charge in [-0.3, -0.25) is 4.79 Å². The highest BCUT2D eigenvalue weighted by Gasteiger charge is 2.39. The Morgan fingerprint density at radius 3 is 3.05 bits per heavy atom. The Morgan fingerprint density at radius 2 is 2.09 bits per heavy atom. The maximum atomic E-state index is 12.9. The minimum Gasteiger partial charge on any atom is -0.373 e. The van der Waals surface area contributed by atoms with Crippen molar-refractivity contribution in [3.63, 3.8) is 0 Å². The van der Waals surface area contributed by atoms with E-state index in [0.717, 1.165) is 39.0 Å². The van der Waals surface area contributed by atoms with E-state index < -0.39 is 0 Å². The molecule has 1 aromatic carbocycles. The fourth-order valence-electron chi connectivity index (χ4n) is 4.30. The molecule has 0 aliphatic carbocycles. The highest BCUT2D eigenvalue weighted by atomic mass is 16.5. The molecule has 4 heteroatoms. The van der Waals surface area contributed by atoms with Crippen LogP contribution in [0.5, 0.6) is 0 Å². The first-order valence-corrected chi connectivity index (χ1v) is 8.54. The highest BCUT2D eigenvalue weighted by molar-refractivity contribution is 5.78. The Hall–Kier alpha value is -1.39. The second-order valence-corrected chi connectivity index (χ2v) is 6.69. The van der Waals surface area contributed by atoms with E-state index in [-0.39, 0.29) is 12.0 Å². The maximum Gasteiger partial charge on any atom is 0.226 e. The van der Waals surface area contributed by atoms with Crippen molar-refractivity contribution in [2.75, 3.05) is 19.7 Å². The predicted octanol–water partition coefficient (Wildman–Crippen LogP) is 2.04. The SMILES string of the molecule is O=C(CC1OCCc2ccccc21)N1C2CCNCC1CC2. The molecule has 1 N–H and O–H groups in total. The van der Waals surface area contributed by atoms with Gasteiger partial charge in [0.1, 0.15) is 0 Å².